The molecule has 278 valence electrons. The van der Waals surface area contributed by atoms with Crippen LogP contribution in [0.1, 0.15) is 22.3 Å². The van der Waals surface area contributed by atoms with Crippen LogP contribution in [0.4, 0.5) is 34.1 Å². The molecule has 59 heavy (non-hydrogen) atoms. The van der Waals surface area contributed by atoms with Crippen LogP contribution in [-0.2, 0) is 5.41 Å². The maximum atomic E-state index is 6.98. The molecule has 0 saturated carbocycles. The lowest BCUT2D eigenvalue weighted by molar-refractivity contribution is 0.436. The molecular weight excluding hydrogens is 737 g/mol. The summed E-state index contributed by atoms with van der Waals surface area (Å²) in [5.41, 5.74) is 13.5. The van der Waals surface area contributed by atoms with Crippen molar-refractivity contribution in [1.29, 1.82) is 0 Å². The minimum absolute atomic E-state index is 0.512. The van der Waals surface area contributed by atoms with Gasteiger partial charge >= 0.3 is 0 Å². The largest absolute Gasteiger partial charge is 0.457 e. The summed E-state index contributed by atoms with van der Waals surface area (Å²) in [5, 5.41) is 2.46. The third-order valence-electron chi connectivity index (χ3n) is 12.1. The molecular formula is C55H36N2OS. The first-order chi connectivity index (χ1) is 29.3. The molecule has 1 spiro atoms. The van der Waals surface area contributed by atoms with Gasteiger partial charge in [0, 0.05) is 65.8 Å². The van der Waals surface area contributed by atoms with E-state index in [9.17, 15) is 0 Å². The second-order valence-corrected chi connectivity index (χ2v) is 16.3. The Labute approximate surface area is 347 Å². The van der Waals surface area contributed by atoms with E-state index in [4.69, 9.17) is 4.74 Å². The Morgan fingerprint density at radius 3 is 1.54 bits per heavy atom. The van der Waals surface area contributed by atoms with Crippen molar-refractivity contribution in [3.05, 3.63) is 241 Å². The average Bonchev–Trinajstić information content (AvgIpc) is 3.82. The van der Waals surface area contributed by atoms with Crippen LogP contribution in [0.25, 0.3) is 31.3 Å². The minimum atomic E-state index is -0.512. The number of ether oxygens (including phenoxy) is 1. The lowest BCUT2D eigenvalue weighted by Crippen LogP contribution is -2.32. The normalized spacial score (nSPS) is 13.0. The molecule has 0 unspecified atom stereocenters. The van der Waals surface area contributed by atoms with Gasteiger partial charge in [-0.05, 0) is 95.1 Å². The van der Waals surface area contributed by atoms with Crippen LogP contribution in [0.3, 0.4) is 0 Å². The molecule has 4 heteroatoms. The number of para-hydroxylation sites is 4. The lowest BCUT2D eigenvalue weighted by atomic mass is 9.66. The Morgan fingerprint density at radius 1 is 0.356 bits per heavy atom. The van der Waals surface area contributed by atoms with Crippen LogP contribution in [0.5, 0.6) is 11.5 Å². The molecule has 1 aliphatic heterocycles. The van der Waals surface area contributed by atoms with Crippen LogP contribution in [0, 0.1) is 0 Å². The van der Waals surface area contributed by atoms with Gasteiger partial charge < -0.3 is 14.5 Å². The molecule has 1 aromatic heterocycles. The molecule has 3 nitrogen and oxygen atoms in total. The SMILES string of the molecule is c1ccc(N(c2ccccc2)c2ccc3c(c2)sc2cccc(N(c4ccccc4)c4ccc5c(c4)Oc4ccccc4C54c5ccccc5-c5ccccc54)c23)cc1. The molecule has 2 heterocycles. The number of hydrogen-bond acceptors (Lipinski definition) is 4. The summed E-state index contributed by atoms with van der Waals surface area (Å²) in [6.07, 6.45) is 0. The number of fused-ring (bicyclic) bond motifs is 12. The fourth-order valence-electron chi connectivity index (χ4n) is 9.72. The molecule has 12 rings (SSSR count). The molecule has 9 aromatic carbocycles. The summed E-state index contributed by atoms with van der Waals surface area (Å²) in [6, 6.07) is 78.8. The highest BCUT2D eigenvalue weighted by atomic mass is 32.1. The Morgan fingerprint density at radius 2 is 0.881 bits per heavy atom. The first-order valence-corrected chi connectivity index (χ1v) is 20.9. The Bertz CT molecular complexity index is 3130. The zero-order chi connectivity index (χ0) is 38.9. The van der Waals surface area contributed by atoms with Gasteiger partial charge in [0.05, 0.1) is 11.1 Å². The molecule has 0 atom stereocenters. The van der Waals surface area contributed by atoms with Crippen molar-refractivity contribution < 1.29 is 4.74 Å². The van der Waals surface area contributed by atoms with Gasteiger partial charge in [-0.3, -0.25) is 0 Å². The van der Waals surface area contributed by atoms with Crippen LogP contribution in [-0.4, -0.2) is 0 Å². The second-order valence-electron chi connectivity index (χ2n) is 15.2. The van der Waals surface area contributed by atoms with Crippen LogP contribution >= 0.6 is 11.3 Å². The third-order valence-corrected chi connectivity index (χ3v) is 13.2. The predicted octanol–water partition coefficient (Wildman–Crippen LogP) is 15.5. The average molecular weight is 773 g/mol. The van der Waals surface area contributed by atoms with Gasteiger partial charge in [-0.25, -0.2) is 0 Å². The fourth-order valence-corrected chi connectivity index (χ4v) is 10.9. The smallest absolute Gasteiger partial charge is 0.134 e. The zero-order valence-corrected chi connectivity index (χ0v) is 32.8. The van der Waals surface area contributed by atoms with Gasteiger partial charge in [-0.2, -0.15) is 0 Å². The third kappa shape index (κ3) is 5.07. The molecule has 0 radical (unpaired) electrons. The van der Waals surface area contributed by atoms with E-state index in [1.807, 2.05) is 11.3 Å². The van der Waals surface area contributed by atoms with Crippen LogP contribution in [0.2, 0.25) is 0 Å². The standard InChI is InChI=1S/C55H36N2OS/c1-4-17-37(18-5-1)56(38-19-6-2-7-20-38)41-31-33-44-53(36-41)59-52-30-16-28-49(54(44)52)57(39-21-8-3-9-22-39)40-32-34-48-51(35-40)58-50-29-15-14-27-47(50)55(48)45-25-12-10-23-42(45)43-24-11-13-26-46(43)55/h1-36H. The molecule has 0 N–H and O–H groups in total. The quantitative estimate of drug-likeness (QED) is 0.167. The van der Waals surface area contributed by atoms with Crippen molar-refractivity contribution in [1.82, 2.24) is 0 Å². The number of rotatable bonds is 6. The van der Waals surface area contributed by atoms with E-state index in [1.165, 1.54) is 48.0 Å². The first kappa shape index (κ1) is 33.7. The molecule has 0 amide bonds. The highest BCUT2D eigenvalue weighted by Crippen LogP contribution is 2.62. The number of anilines is 6. The number of hydrogen-bond donors (Lipinski definition) is 0. The molecule has 0 bridgehead atoms. The highest BCUT2D eigenvalue weighted by Gasteiger charge is 2.51. The van der Waals surface area contributed by atoms with E-state index in [0.717, 1.165) is 51.2 Å². The van der Waals surface area contributed by atoms with Gasteiger partial charge in [-0.15, -0.1) is 11.3 Å². The number of nitrogens with zero attached hydrogens (tertiary/aromatic N) is 2. The topological polar surface area (TPSA) is 15.7 Å². The predicted molar refractivity (Wildman–Crippen MR) is 246 cm³/mol. The summed E-state index contributed by atoms with van der Waals surface area (Å²) >= 11 is 1.84. The van der Waals surface area contributed by atoms with E-state index in [0.29, 0.717) is 0 Å². The van der Waals surface area contributed by atoms with Gasteiger partial charge in [0.1, 0.15) is 11.5 Å². The van der Waals surface area contributed by atoms with Crippen molar-refractivity contribution in [3.8, 4) is 22.6 Å². The van der Waals surface area contributed by atoms with Gasteiger partial charge in [-0.1, -0.05) is 140 Å². The Hall–Kier alpha value is -7.40. The van der Waals surface area contributed by atoms with Crippen molar-refractivity contribution in [2.24, 2.45) is 0 Å². The fraction of sp³-hybridized carbons (Fsp3) is 0.0182. The summed E-state index contributed by atoms with van der Waals surface area (Å²) in [4.78, 5) is 4.73. The monoisotopic (exact) mass is 772 g/mol. The van der Waals surface area contributed by atoms with E-state index in [1.54, 1.807) is 0 Å². The second kappa shape index (κ2) is 13.3. The highest BCUT2D eigenvalue weighted by molar-refractivity contribution is 7.26. The maximum Gasteiger partial charge on any atom is 0.134 e. The minimum Gasteiger partial charge on any atom is -0.457 e. The first-order valence-electron chi connectivity index (χ1n) is 20.1. The lowest BCUT2D eigenvalue weighted by Gasteiger charge is -2.40. The van der Waals surface area contributed by atoms with Crippen LogP contribution < -0.4 is 14.5 Å². The molecule has 1 aliphatic carbocycles. The summed E-state index contributed by atoms with van der Waals surface area (Å²) in [5.74, 6) is 1.75. The Kier molecular flexibility index (Phi) is 7.62. The van der Waals surface area contributed by atoms with Crippen LogP contribution in [0.15, 0.2) is 218 Å². The zero-order valence-electron chi connectivity index (χ0n) is 32.0. The summed E-state index contributed by atoms with van der Waals surface area (Å²) in [7, 11) is 0. The van der Waals surface area contributed by atoms with Crippen molar-refractivity contribution >= 4 is 65.6 Å². The Balaban J connectivity index is 1.05. The maximum absolute atomic E-state index is 6.98. The van der Waals surface area contributed by atoms with Crippen molar-refractivity contribution in [2.45, 2.75) is 5.41 Å². The molecule has 2 aliphatic rings. The van der Waals surface area contributed by atoms with E-state index in [-0.39, 0.29) is 0 Å². The van der Waals surface area contributed by atoms with Crippen molar-refractivity contribution in [2.75, 3.05) is 9.80 Å². The van der Waals surface area contributed by atoms with E-state index < -0.39 is 5.41 Å². The van der Waals surface area contributed by atoms with Gasteiger partial charge in [0.2, 0.25) is 0 Å². The molecule has 10 aromatic rings. The van der Waals surface area contributed by atoms with E-state index >= 15 is 0 Å². The van der Waals surface area contributed by atoms with Gasteiger partial charge in [0.15, 0.2) is 0 Å². The number of benzene rings is 9. The van der Waals surface area contributed by atoms with Crippen molar-refractivity contribution in [3.63, 3.8) is 0 Å². The number of thiophene rings is 1. The summed E-state index contributed by atoms with van der Waals surface area (Å²) in [6.45, 7) is 0. The molecule has 0 saturated heterocycles. The van der Waals surface area contributed by atoms with Gasteiger partial charge in [0.25, 0.3) is 0 Å². The molecule has 0 fully saturated rings. The van der Waals surface area contributed by atoms with E-state index in [2.05, 4.69) is 228 Å². The summed E-state index contributed by atoms with van der Waals surface area (Å²) < 4.78 is 9.45.